The maximum Gasteiger partial charge on any atom is 0.387 e. The number of alkyl halides is 2. The second-order valence-electron chi connectivity index (χ2n) is 6.87. The normalized spacial score (nSPS) is 15.7. The zero-order valence-electron chi connectivity index (χ0n) is 17.4. The summed E-state index contributed by atoms with van der Waals surface area (Å²) < 4.78 is 35.0. The number of piperidine rings is 1. The summed E-state index contributed by atoms with van der Waals surface area (Å²) in [6.45, 7) is 3.95. The van der Waals surface area contributed by atoms with Crippen molar-refractivity contribution in [2.45, 2.75) is 39.3 Å². The predicted octanol–water partition coefficient (Wildman–Crippen LogP) is 3.70. The highest BCUT2D eigenvalue weighted by atomic mass is 127. The van der Waals surface area contributed by atoms with E-state index in [1.807, 2.05) is 0 Å². The topological polar surface area (TPSA) is 58.1 Å². The molecule has 1 aliphatic heterocycles. The molecular formula is C20H33F2IN4O2. The van der Waals surface area contributed by atoms with Gasteiger partial charge in [0, 0.05) is 25.7 Å². The number of benzene rings is 1. The quantitative estimate of drug-likeness (QED) is 0.292. The summed E-state index contributed by atoms with van der Waals surface area (Å²) >= 11 is 0. The van der Waals surface area contributed by atoms with E-state index in [1.165, 1.54) is 39.1 Å². The van der Waals surface area contributed by atoms with Crippen LogP contribution < -0.4 is 20.1 Å². The van der Waals surface area contributed by atoms with Gasteiger partial charge in [-0.3, -0.25) is 4.99 Å². The van der Waals surface area contributed by atoms with E-state index in [9.17, 15) is 8.78 Å². The van der Waals surface area contributed by atoms with Gasteiger partial charge in [0.2, 0.25) is 0 Å². The van der Waals surface area contributed by atoms with Crippen molar-refractivity contribution in [3.8, 4) is 11.5 Å². The lowest BCUT2D eigenvalue weighted by Crippen LogP contribution is -2.39. The molecule has 6 nitrogen and oxygen atoms in total. The fraction of sp³-hybridized carbons (Fsp3) is 0.650. The van der Waals surface area contributed by atoms with Crippen molar-refractivity contribution in [2.75, 3.05) is 40.3 Å². The van der Waals surface area contributed by atoms with E-state index in [2.05, 4.69) is 32.2 Å². The number of nitrogens with one attached hydrogen (secondary N) is 2. The van der Waals surface area contributed by atoms with Crippen molar-refractivity contribution >= 4 is 29.9 Å². The monoisotopic (exact) mass is 526 g/mol. The van der Waals surface area contributed by atoms with Crippen LogP contribution in [-0.2, 0) is 6.54 Å². The minimum atomic E-state index is -2.87. The molecule has 0 aliphatic carbocycles. The van der Waals surface area contributed by atoms with Crippen LogP contribution in [0.1, 0.15) is 31.7 Å². The van der Waals surface area contributed by atoms with Crippen LogP contribution in [0.4, 0.5) is 8.78 Å². The van der Waals surface area contributed by atoms with Crippen LogP contribution in [0.25, 0.3) is 0 Å². The van der Waals surface area contributed by atoms with Gasteiger partial charge in [-0.2, -0.15) is 8.78 Å². The first kappa shape index (κ1) is 25.7. The number of aliphatic imine (C=N–C) groups is 1. The molecule has 0 bridgehead atoms. The molecule has 0 saturated carbocycles. The summed E-state index contributed by atoms with van der Waals surface area (Å²) in [5, 5.41) is 6.46. The average molecular weight is 526 g/mol. The van der Waals surface area contributed by atoms with E-state index >= 15 is 0 Å². The Labute approximate surface area is 189 Å². The van der Waals surface area contributed by atoms with Crippen molar-refractivity contribution in [1.82, 2.24) is 15.5 Å². The molecule has 1 fully saturated rings. The molecule has 0 amide bonds. The Morgan fingerprint density at radius 3 is 2.59 bits per heavy atom. The van der Waals surface area contributed by atoms with Crippen LogP contribution >= 0.6 is 24.0 Å². The van der Waals surface area contributed by atoms with Crippen LogP contribution in [-0.4, -0.2) is 57.8 Å². The van der Waals surface area contributed by atoms with E-state index < -0.39 is 6.61 Å². The lowest BCUT2D eigenvalue weighted by Gasteiger charge is -2.31. The van der Waals surface area contributed by atoms with Crippen molar-refractivity contribution in [2.24, 2.45) is 10.9 Å². The number of halogens is 3. The number of methoxy groups -OCH3 is 1. The molecule has 1 heterocycles. The number of likely N-dealkylation sites (tertiary alicyclic amines) is 1. The van der Waals surface area contributed by atoms with Gasteiger partial charge in [-0.15, -0.1) is 24.0 Å². The molecule has 2 rings (SSSR count). The Balaban J connectivity index is 0.00000420. The number of ether oxygens (including phenoxy) is 2. The molecule has 1 aromatic rings. The van der Waals surface area contributed by atoms with E-state index in [1.54, 1.807) is 19.2 Å². The average Bonchev–Trinajstić information content (AvgIpc) is 2.71. The SMILES string of the molecule is CCN1CCC(CCNC(=NC)NCc2cc(OC)ccc2OC(F)F)CC1.I. The number of guanidine groups is 1. The highest BCUT2D eigenvalue weighted by Crippen LogP contribution is 2.25. The predicted molar refractivity (Wildman–Crippen MR) is 123 cm³/mol. The summed E-state index contributed by atoms with van der Waals surface area (Å²) in [5.41, 5.74) is 0.578. The summed E-state index contributed by atoms with van der Waals surface area (Å²) in [5.74, 6) is 2.08. The van der Waals surface area contributed by atoms with E-state index in [0.717, 1.165) is 25.4 Å². The lowest BCUT2D eigenvalue weighted by molar-refractivity contribution is -0.0504. The zero-order valence-corrected chi connectivity index (χ0v) is 19.7. The van der Waals surface area contributed by atoms with Crippen LogP contribution in [0.2, 0.25) is 0 Å². The summed E-state index contributed by atoms with van der Waals surface area (Å²) in [4.78, 5) is 6.69. The Morgan fingerprint density at radius 1 is 1.28 bits per heavy atom. The number of rotatable bonds is 9. The molecule has 0 aromatic heterocycles. The first-order valence-corrected chi connectivity index (χ1v) is 9.84. The summed E-state index contributed by atoms with van der Waals surface area (Å²) in [7, 11) is 3.23. The van der Waals surface area contributed by atoms with Crippen LogP contribution in [0.5, 0.6) is 11.5 Å². The number of nitrogens with zero attached hydrogens (tertiary/aromatic N) is 2. The maximum atomic E-state index is 12.6. The Kier molecular flexibility index (Phi) is 12.2. The van der Waals surface area contributed by atoms with Crippen molar-refractivity contribution in [3.63, 3.8) is 0 Å². The molecule has 1 aliphatic rings. The fourth-order valence-corrected chi connectivity index (χ4v) is 3.42. The second-order valence-corrected chi connectivity index (χ2v) is 6.87. The summed E-state index contributed by atoms with van der Waals surface area (Å²) in [6, 6.07) is 4.76. The van der Waals surface area contributed by atoms with Gasteiger partial charge in [0.1, 0.15) is 11.5 Å². The standard InChI is InChI=1S/C20H32F2N4O2.HI/c1-4-26-11-8-15(9-12-26)7-10-24-20(23-2)25-14-16-13-17(27-3)5-6-18(16)28-19(21)22;/h5-6,13,15,19H,4,7-12,14H2,1-3H3,(H2,23,24,25);1H. The van der Waals surface area contributed by atoms with Crippen LogP contribution in [0.3, 0.4) is 0 Å². The second kappa shape index (κ2) is 13.8. The van der Waals surface area contributed by atoms with Gasteiger partial charge in [0.05, 0.1) is 7.11 Å². The van der Waals surface area contributed by atoms with Crippen LogP contribution in [0.15, 0.2) is 23.2 Å². The Hall–Kier alpha value is -1.36. The van der Waals surface area contributed by atoms with E-state index in [0.29, 0.717) is 23.8 Å². The molecule has 0 spiro atoms. The third-order valence-electron chi connectivity index (χ3n) is 5.15. The molecule has 2 N–H and O–H groups in total. The minimum Gasteiger partial charge on any atom is -0.497 e. The van der Waals surface area contributed by atoms with E-state index in [-0.39, 0.29) is 29.7 Å². The van der Waals surface area contributed by atoms with Crippen molar-refractivity contribution in [3.05, 3.63) is 23.8 Å². The van der Waals surface area contributed by atoms with E-state index in [4.69, 9.17) is 4.74 Å². The minimum absolute atomic E-state index is 0. The van der Waals surface area contributed by atoms with Gasteiger partial charge in [0.25, 0.3) is 0 Å². The molecule has 0 radical (unpaired) electrons. The molecule has 0 unspecified atom stereocenters. The molecular weight excluding hydrogens is 493 g/mol. The first-order chi connectivity index (χ1) is 13.5. The highest BCUT2D eigenvalue weighted by Gasteiger charge is 2.17. The highest BCUT2D eigenvalue weighted by molar-refractivity contribution is 14.0. The van der Waals surface area contributed by atoms with Gasteiger partial charge < -0.3 is 25.0 Å². The Bertz CT molecular complexity index is 626. The van der Waals surface area contributed by atoms with Crippen molar-refractivity contribution in [1.29, 1.82) is 0 Å². The molecule has 29 heavy (non-hydrogen) atoms. The van der Waals surface area contributed by atoms with Crippen molar-refractivity contribution < 1.29 is 18.3 Å². The maximum absolute atomic E-state index is 12.6. The third kappa shape index (κ3) is 8.90. The molecule has 166 valence electrons. The fourth-order valence-electron chi connectivity index (χ4n) is 3.42. The molecule has 9 heteroatoms. The first-order valence-electron chi connectivity index (χ1n) is 9.84. The molecule has 1 aromatic carbocycles. The van der Waals surface area contributed by atoms with Gasteiger partial charge in [-0.25, -0.2) is 0 Å². The number of hydrogen-bond acceptors (Lipinski definition) is 4. The third-order valence-corrected chi connectivity index (χ3v) is 5.15. The van der Waals surface area contributed by atoms with Gasteiger partial charge >= 0.3 is 6.61 Å². The smallest absolute Gasteiger partial charge is 0.387 e. The van der Waals surface area contributed by atoms with Gasteiger partial charge in [-0.05, 0) is 63.0 Å². The summed E-state index contributed by atoms with van der Waals surface area (Å²) in [6.07, 6.45) is 3.57. The lowest BCUT2D eigenvalue weighted by atomic mass is 9.93. The molecule has 1 saturated heterocycles. The van der Waals surface area contributed by atoms with Crippen LogP contribution in [0, 0.1) is 5.92 Å². The zero-order chi connectivity index (χ0) is 20.4. The van der Waals surface area contributed by atoms with Gasteiger partial charge in [0.15, 0.2) is 5.96 Å². The number of hydrogen-bond donors (Lipinski definition) is 2. The largest absolute Gasteiger partial charge is 0.497 e. The van der Waals surface area contributed by atoms with Gasteiger partial charge in [-0.1, -0.05) is 6.92 Å². The Morgan fingerprint density at radius 2 is 2.00 bits per heavy atom. The molecule has 0 atom stereocenters.